The van der Waals surface area contributed by atoms with E-state index in [9.17, 15) is 4.79 Å². The zero-order valence-electron chi connectivity index (χ0n) is 16.5. The number of amides is 1. The van der Waals surface area contributed by atoms with Crippen molar-refractivity contribution in [1.29, 1.82) is 0 Å². The standard InChI is InChI=1S/C19H26Cl3N3O2/c1-12(2)8-14(9-13(3)4)25-16(10-15(24-25)18(5,6)7)23-17(26)27-11-19(20,21)22/h8-10H,1,11H2,2-7H3,(H,23,26)/b14-8+. The Labute approximate surface area is 176 Å². The summed E-state index contributed by atoms with van der Waals surface area (Å²) in [5.41, 5.74) is 3.26. The highest BCUT2D eigenvalue weighted by Gasteiger charge is 2.24. The van der Waals surface area contributed by atoms with Gasteiger partial charge in [-0.1, -0.05) is 73.3 Å². The van der Waals surface area contributed by atoms with Crippen LogP contribution < -0.4 is 5.32 Å². The summed E-state index contributed by atoms with van der Waals surface area (Å²) in [4.78, 5) is 12.1. The van der Waals surface area contributed by atoms with E-state index >= 15 is 0 Å². The van der Waals surface area contributed by atoms with Gasteiger partial charge in [0.25, 0.3) is 0 Å². The van der Waals surface area contributed by atoms with Crippen LogP contribution in [0.5, 0.6) is 0 Å². The molecule has 1 heterocycles. The summed E-state index contributed by atoms with van der Waals surface area (Å²) in [5.74, 6) is 0.444. The summed E-state index contributed by atoms with van der Waals surface area (Å²) < 4.78 is 4.92. The van der Waals surface area contributed by atoms with Crippen molar-refractivity contribution in [3.05, 3.63) is 41.6 Å². The quantitative estimate of drug-likeness (QED) is 0.426. The Balaban J connectivity index is 3.33. The minimum atomic E-state index is -1.68. The Kier molecular flexibility index (Phi) is 8.02. The van der Waals surface area contributed by atoms with Gasteiger partial charge in [0.2, 0.25) is 3.79 Å². The molecular formula is C19H26Cl3N3O2. The number of hydrogen-bond acceptors (Lipinski definition) is 3. The molecule has 1 aromatic rings. The van der Waals surface area contributed by atoms with Crippen molar-refractivity contribution < 1.29 is 9.53 Å². The molecule has 0 saturated heterocycles. The molecule has 1 rings (SSSR count). The van der Waals surface area contributed by atoms with E-state index in [1.165, 1.54) is 0 Å². The van der Waals surface area contributed by atoms with Crippen LogP contribution in [0, 0.1) is 0 Å². The average molecular weight is 435 g/mol. The topological polar surface area (TPSA) is 56.2 Å². The SMILES string of the molecule is C=C(C)/C=C(\C=C(C)C)n1nc(C(C)(C)C)cc1NC(=O)OCC(Cl)(Cl)Cl. The molecule has 1 aromatic heterocycles. The molecule has 0 unspecified atom stereocenters. The third kappa shape index (κ3) is 8.41. The van der Waals surface area contributed by atoms with Crippen LogP contribution >= 0.6 is 34.8 Å². The smallest absolute Gasteiger partial charge is 0.412 e. The maximum Gasteiger partial charge on any atom is 0.412 e. The van der Waals surface area contributed by atoms with Crippen molar-refractivity contribution in [2.75, 3.05) is 11.9 Å². The fourth-order valence-electron chi connectivity index (χ4n) is 2.03. The van der Waals surface area contributed by atoms with E-state index in [1.807, 2.05) is 53.7 Å². The summed E-state index contributed by atoms with van der Waals surface area (Å²) >= 11 is 16.9. The molecule has 0 saturated carbocycles. The molecule has 0 atom stereocenters. The minimum absolute atomic E-state index is 0.220. The molecule has 0 bridgehead atoms. The fourth-order valence-corrected chi connectivity index (χ4v) is 2.20. The molecular weight excluding hydrogens is 409 g/mol. The lowest BCUT2D eigenvalue weighted by atomic mass is 9.92. The second-order valence-corrected chi connectivity index (χ2v) is 10.0. The van der Waals surface area contributed by atoms with E-state index in [4.69, 9.17) is 39.5 Å². The number of ether oxygens (including phenoxy) is 1. The minimum Gasteiger partial charge on any atom is -0.445 e. The summed E-state index contributed by atoms with van der Waals surface area (Å²) in [5, 5.41) is 7.33. The molecule has 0 aliphatic heterocycles. The van der Waals surface area contributed by atoms with Crippen LogP contribution in [0.3, 0.4) is 0 Å². The van der Waals surface area contributed by atoms with E-state index in [0.29, 0.717) is 5.82 Å². The number of carbonyl (C=O) groups is 1. The molecule has 8 heteroatoms. The van der Waals surface area contributed by atoms with Gasteiger partial charge < -0.3 is 4.74 Å². The van der Waals surface area contributed by atoms with Crippen LogP contribution in [-0.4, -0.2) is 26.3 Å². The van der Waals surface area contributed by atoms with Gasteiger partial charge in [-0.05, 0) is 32.9 Å². The van der Waals surface area contributed by atoms with E-state index in [2.05, 4.69) is 17.0 Å². The summed E-state index contributed by atoms with van der Waals surface area (Å²) in [6.45, 7) is 15.5. The Morgan fingerprint density at radius 3 is 2.30 bits per heavy atom. The fraction of sp³-hybridized carbons (Fsp3) is 0.474. The van der Waals surface area contributed by atoms with Crippen LogP contribution in [0.1, 0.15) is 47.2 Å². The molecule has 0 radical (unpaired) electrons. The molecule has 0 aromatic carbocycles. The molecule has 0 fully saturated rings. The third-order valence-corrected chi connectivity index (χ3v) is 3.48. The molecule has 0 aliphatic carbocycles. The molecule has 27 heavy (non-hydrogen) atoms. The van der Waals surface area contributed by atoms with Gasteiger partial charge in [-0.3, -0.25) is 5.32 Å². The van der Waals surface area contributed by atoms with Crippen molar-refractivity contribution in [2.24, 2.45) is 0 Å². The number of rotatable bonds is 5. The number of carbonyl (C=O) groups excluding carboxylic acids is 1. The Hall–Kier alpha value is -1.43. The third-order valence-electron chi connectivity index (χ3n) is 3.15. The lowest BCUT2D eigenvalue weighted by molar-refractivity contribution is 0.163. The first-order valence-corrected chi connectivity index (χ1v) is 9.46. The molecule has 1 amide bonds. The van der Waals surface area contributed by atoms with Crippen molar-refractivity contribution in [2.45, 2.75) is 50.7 Å². The van der Waals surface area contributed by atoms with Crippen LogP contribution in [0.4, 0.5) is 10.6 Å². The first kappa shape index (κ1) is 23.6. The number of alkyl halides is 3. The van der Waals surface area contributed by atoms with Gasteiger partial charge >= 0.3 is 6.09 Å². The van der Waals surface area contributed by atoms with Crippen molar-refractivity contribution in [3.63, 3.8) is 0 Å². The van der Waals surface area contributed by atoms with E-state index in [1.54, 1.807) is 10.7 Å². The highest BCUT2D eigenvalue weighted by atomic mass is 35.6. The van der Waals surface area contributed by atoms with Crippen LogP contribution in [0.25, 0.3) is 5.70 Å². The first-order chi connectivity index (χ1) is 12.2. The van der Waals surface area contributed by atoms with E-state index in [0.717, 1.165) is 22.5 Å². The molecule has 0 spiro atoms. The average Bonchev–Trinajstić information content (AvgIpc) is 2.86. The van der Waals surface area contributed by atoms with Crippen molar-refractivity contribution >= 4 is 52.4 Å². The maximum atomic E-state index is 12.1. The maximum absolute atomic E-state index is 12.1. The number of halogens is 3. The largest absolute Gasteiger partial charge is 0.445 e. The zero-order chi connectivity index (χ0) is 21.0. The second kappa shape index (κ2) is 9.18. The molecule has 0 aliphatic rings. The predicted octanol–water partition coefficient (Wildman–Crippen LogP) is 6.48. The van der Waals surface area contributed by atoms with Crippen LogP contribution in [0.2, 0.25) is 0 Å². The summed E-state index contributed by atoms with van der Waals surface area (Å²) in [7, 11) is 0. The number of hydrogen-bond donors (Lipinski definition) is 1. The lowest BCUT2D eigenvalue weighted by Crippen LogP contribution is -2.22. The summed E-state index contributed by atoms with van der Waals surface area (Å²) in [6.07, 6.45) is 3.09. The van der Waals surface area contributed by atoms with Crippen molar-refractivity contribution in [3.8, 4) is 0 Å². The first-order valence-electron chi connectivity index (χ1n) is 8.32. The van der Waals surface area contributed by atoms with Gasteiger partial charge in [0.1, 0.15) is 12.4 Å². The summed E-state index contributed by atoms with van der Waals surface area (Å²) in [6, 6.07) is 1.79. The lowest BCUT2D eigenvalue weighted by Gasteiger charge is -2.14. The Morgan fingerprint density at radius 2 is 1.85 bits per heavy atom. The normalized spacial score (nSPS) is 12.6. The van der Waals surface area contributed by atoms with E-state index in [-0.39, 0.29) is 12.0 Å². The Bertz CT molecular complexity index is 762. The highest BCUT2D eigenvalue weighted by molar-refractivity contribution is 6.67. The molecule has 1 N–H and O–H groups in total. The highest BCUT2D eigenvalue weighted by Crippen LogP contribution is 2.28. The number of aromatic nitrogens is 2. The van der Waals surface area contributed by atoms with Gasteiger partial charge in [0, 0.05) is 11.5 Å². The van der Waals surface area contributed by atoms with Gasteiger partial charge in [0.15, 0.2) is 0 Å². The van der Waals surface area contributed by atoms with Crippen LogP contribution in [0.15, 0.2) is 35.9 Å². The van der Waals surface area contributed by atoms with Gasteiger partial charge in [0.05, 0.1) is 11.4 Å². The zero-order valence-corrected chi connectivity index (χ0v) is 18.8. The van der Waals surface area contributed by atoms with Gasteiger partial charge in [-0.25, -0.2) is 9.48 Å². The van der Waals surface area contributed by atoms with Crippen LogP contribution in [-0.2, 0) is 10.2 Å². The number of allylic oxidation sites excluding steroid dienone is 5. The monoisotopic (exact) mass is 433 g/mol. The molecule has 5 nitrogen and oxygen atoms in total. The number of nitrogens with one attached hydrogen (secondary N) is 1. The predicted molar refractivity (Wildman–Crippen MR) is 115 cm³/mol. The van der Waals surface area contributed by atoms with Gasteiger partial charge in [-0.15, -0.1) is 0 Å². The molecule has 150 valence electrons. The van der Waals surface area contributed by atoms with E-state index < -0.39 is 9.89 Å². The number of nitrogens with zero attached hydrogens (tertiary/aromatic N) is 2. The number of anilines is 1. The van der Waals surface area contributed by atoms with Crippen molar-refractivity contribution in [1.82, 2.24) is 9.78 Å². The Morgan fingerprint density at radius 1 is 1.26 bits per heavy atom. The second-order valence-electron chi connectivity index (χ2n) is 7.53. The van der Waals surface area contributed by atoms with Gasteiger partial charge in [-0.2, -0.15) is 5.10 Å².